The van der Waals surface area contributed by atoms with Crippen molar-refractivity contribution in [2.24, 2.45) is 5.92 Å². The van der Waals surface area contributed by atoms with Crippen LogP contribution in [0.15, 0.2) is 0 Å². The Kier molecular flexibility index (Phi) is 5.17. The average molecular weight is 242 g/mol. The van der Waals surface area contributed by atoms with Crippen LogP contribution in [0.2, 0.25) is 0 Å². The third-order valence-corrected chi connectivity index (χ3v) is 4.60. The Morgan fingerprint density at radius 2 is 1.73 bits per heavy atom. The van der Waals surface area contributed by atoms with Gasteiger partial charge in [0, 0.05) is 0 Å². The van der Waals surface area contributed by atoms with Crippen molar-refractivity contribution in [3.05, 3.63) is 0 Å². The lowest BCUT2D eigenvalue weighted by Gasteiger charge is -2.21. The van der Waals surface area contributed by atoms with Crippen molar-refractivity contribution in [1.82, 2.24) is 0 Å². The van der Waals surface area contributed by atoms with Crippen LogP contribution in [-0.4, -0.2) is 18.5 Å². The van der Waals surface area contributed by atoms with Gasteiger partial charge in [0.25, 0.3) is 0 Å². The first-order valence-electron chi connectivity index (χ1n) is 5.56. The summed E-state index contributed by atoms with van der Waals surface area (Å²) in [5, 5.41) is 0. The van der Waals surface area contributed by atoms with E-state index in [0.717, 1.165) is 19.3 Å². The summed E-state index contributed by atoms with van der Waals surface area (Å²) in [6.07, 6.45) is 1.54. The van der Waals surface area contributed by atoms with Gasteiger partial charge in [-0.05, 0) is 18.5 Å². The van der Waals surface area contributed by atoms with Gasteiger partial charge in [-0.3, -0.25) is 0 Å². The summed E-state index contributed by atoms with van der Waals surface area (Å²) < 4.78 is 46.9. The fourth-order valence-electron chi connectivity index (χ4n) is 2.15. The van der Waals surface area contributed by atoms with Crippen molar-refractivity contribution < 1.29 is 17.7 Å². The molecule has 0 radical (unpaired) electrons. The van der Waals surface area contributed by atoms with Crippen LogP contribution in [0, 0.1) is 5.92 Å². The average Bonchev–Trinajstić information content (AvgIpc) is 2.14. The van der Waals surface area contributed by atoms with Crippen molar-refractivity contribution >= 4 is 7.80 Å². The molecule has 0 saturated heterocycles. The van der Waals surface area contributed by atoms with Gasteiger partial charge in [-0.1, -0.05) is 32.1 Å². The van der Waals surface area contributed by atoms with Gasteiger partial charge in [0.15, 0.2) is 0 Å². The maximum absolute atomic E-state index is 11.9. The van der Waals surface area contributed by atoms with Gasteiger partial charge in [-0.25, -0.2) is 0 Å². The molecule has 0 heterocycles. The first kappa shape index (κ1) is 13.1. The van der Waals surface area contributed by atoms with Gasteiger partial charge in [0.1, 0.15) is 0 Å². The van der Waals surface area contributed by atoms with Crippen molar-refractivity contribution in [2.45, 2.75) is 44.7 Å². The second kappa shape index (κ2) is 5.93. The minimum Gasteiger partial charge on any atom is -0.326 e. The van der Waals surface area contributed by atoms with Crippen molar-refractivity contribution in [1.29, 1.82) is 0 Å². The van der Waals surface area contributed by atoms with Gasteiger partial charge in [0.05, 0.1) is 14.0 Å². The van der Waals surface area contributed by atoms with Crippen LogP contribution in [0.25, 0.3) is 0 Å². The SMILES string of the molecule is O=[PH](CCC1CCCCC1)CC(F)(F)F. The van der Waals surface area contributed by atoms with Crippen LogP contribution >= 0.6 is 7.80 Å². The Balaban J connectivity index is 2.15. The molecule has 1 saturated carbocycles. The zero-order valence-corrected chi connectivity index (χ0v) is 9.78. The first-order valence-corrected chi connectivity index (χ1v) is 7.38. The maximum atomic E-state index is 11.9. The van der Waals surface area contributed by atoms with E-state index in [1.54, 1.807) is 0 Å². The smallest absolute Gasteiger partial charge is 0.326 e. The predicted octanol–water partition coefficient (Wildman–Crippen LogP) is 4.08. The van der Waals surface area contributed by atoms with Crippen molar-refractivity contribution in [3.8, 4) is 0 Å². The lowest BCUT2D eigenvalue weighted by atomic mass is 9.88. The number of rotatable bonds is 4. The van der Waals surface area contributed by atoms with Crippen LogP contribution in [0.5, 0.6) is 0 Å². The van der Waals surface area contributed by atoms with E-state index < -0.39 is 20.1 Å². The molecular weight excluding hydrogens is 224 g/mol. The Bertz CT molecular complexity index is 209. The summed E-state index contributed by atoms with van der Waals surface area (Å²) >= 11 is 0. The summed E-state index contributed by atoms with van der Waals surface area (Å²) in [6.45, 7) is 0. The molecule has 5 heteroatoms. The van der Waals surface area contributed by atoms with Gasteiger partial charge < -0.3 is 4.57 Å². The van der Waals surface area contributed by atoms with Gasteiger partial charge in [-0.15, -0.1) is 0 Å². The summed E-state index contributed by atoms with van der Waals surface area (Å²) in [5.74, 6) is 0.529. The largest absolute Gasteiger partial charge is 0.395 e. The summed E-state index contributed by atoms with van der Waals surface area (Å²) in [5.41, 5.74) is 0. The molecule has 0 bridgehead atoms. The van der Waals surface area contributed by atoms with Gasteiger partial charge in [-0.2, -0.15) is 13.2 Å². The lowest BCUT2D eigenvalue weighted by molar-refractivity contribution is -0.106. The van der Waals surface area contributed by atoms with E-state index in [9.17, 15) is 17.7 Å². The Labute approximate surface area is 89.2 Å². The lowest BCUT2D eigenvalue weighted by Crippen LogP contribution is -2.13. The Morgan fingerprint density at radius 3 is 2.27 bits per heavy atom. The normalized spacial score (nSPS) is 21.5. The van der Waals surface area contributed by atoms with Crippen LogP contribution in [0.3, 0.4) is 0 Å². The molecule has 1 aliphatic rings. The van der Waals surface area contributed by atoms with Gasteiger partial charge >= 0.3 is 6.18 Å². The Hall–Kier alpha value is 0.0200. The van der Waals surface area contributed by atoms with E-state index in [-0.39, 0.29) is 6.16 Å². The van der Waals surface area contributed by atoms with Crippen LogP contribution in [-0.2, 0) is 4.57 Å². The maximum Gasteiger partial charge on any atom is 0.395 e. The fraction of sp³-hybridized carbons (Fsp3) is 1.00. The van der Waals surface area contributed by atoms with Crippen LogP contribution < -0.4 is 0 Å². The number of hydrogen-bond acceptors (Lipinski definition) is 1. The molecule has 0 aromatic rings. The molecule has 90 valence electrons. The van der Waals surface area contributed by atoms with Gasteiger partial charge in [0.2, 0.25) is 0 Å². The van der Waals surface area contributed by atoms with E-state index in [1.165, 1.54) is 19.3 Å². The molecule has 1 atom stereocenters. The third-order valence-electron chi connectivity index (χ3n) is 2.95. The molecule has 0 spiro atoms. The zero-order valence-electron chi connectivity index (χ0n) is 8.78. The molecule has 0 aliphatic heterocycles. The second-order valence-corrected chi connectivity index (χ2v) is 6.30. The molecular formula is C10H18F3OP. The van der Waals surface area contributed by atoms with E-state index in [1.807, 2.05) is 0 Å². The molecule has 1 nitrogen and oxygen atoms in total. The molecule has 0 amide bonds. The monoisotopic (exact) mass is 242 g/mol. The summed E-state index contributed by atoms with van der Waals surface area (Å²) in [7, 11) is -2.42. The first-order chi connectivity index (χ1) is 6.97. The predicted molar refractivity (Wildman–Crippen MR) is 56.0 cm³/mol. The number of hydrogen-bond donors (Lipinski definition) is 0. The minimum absolute atomic E-state index is 0.287. The highest BCUT2D eigenvalue weighted by Gasteiger charge is 2.30. The van der Waals surface area contributed by atoms with Crippen LogP contribution in [0.4, 0.5) is 13.2 Å². The number of halogens is 3. The van der Waals surface area contributed by atoms with Crippen molar-refractivity contribution in [2.75, 3.05) is 12.3 Å². The van der Waals surface area contributed by atoms with E-state index >= 15 is 0 Å². The molecule has 1 fully saturated rings. The third kappa shape index (κ3) is 6.24. The standard InChI is InChI=1S/C10H18F3OP/c11-10(12,13)8-15(14)7-6-9-4-2-1-3-5-9/h9,15H,1-8H2. The number of alkyl halides is 3. The second-order valence-electron chi connectivity index (χ2n) is 4.37. The fourth-order valence-corrected chi connectivity index (χ4v) is 3.51. The molecule has 1 rings (SSSR count). The Morgan fingerprint density at radius 1 is 1.13 bits per heavy atom. The van der Waals surface area contributed by atoms with Crippen molar-refractivity contribution in [3.63, 3.8) is 0 Å². The highest BCUT2D eigenvalue weighted by Crippen LogP contribution is 2.35. The highest BCUT2D eigenvalue weighted by atomic mass is 31.1. The molecule has 1 unspecified atom stereocenters. The van der Waals surface area contributed by atoms with E-state index in [2.05, 4.69) is 0 Å². The highest BCUT2D eigenvalue weighted by molar-refractivity contribution is 7.44. The minimum atomic E-state index is -4.25. The van der Waals surface area contributed by atoms with Crippen LogP contribution in [0.1, 0.15) is 38.5 Å². The molecule has 0 aromatic carbocycles. The zero-order chi connectivity index (χ0) is 11.3. The molecule has 15 heavy (non-hydrogen) atoms. The molecule has 0 N–H and O–H groups in total. The summed E-state index contributed by atoms with van der Waals surface area (Å²) in [6, 6.07) is 0. The quantitative estimate of drug-likeness (QED) is 0.679. The molecule has 0 aromatic heterocycles. The van der Waals surface area contributed by atoms with E-state index in [0.29, 0.717) is 5.92 Å². The summed E-state index contributed by atoms with van der Waals surface area (Å²) in [4.78, 5) is 0. The topological polar surface area (TPSA) is 17.1 Å². The molecule has 1 aliphatic carbocycles. The van der Waals surface area contributed by atoms with E-state index in [4.69, 9.17) is 0 Å².